The average Bonchev–Trinajstić information content (AvgIpc) is 2.58. The van der Waals surface area contributed by atoms with Gasteiger partial charge >= 0.3 is 5.97 Å². The number of esters is 1. The highest BCUT2D eigenvalue weighted by molar-refractivity contribution is 9.10. The summed E-state index contributed by atoms with van der Waals surface area (Å²) in [6.45, 7) is 6.05. The number of nitrogens with zero attached hydrogens (tertiary/aromatic N) is 2. The highest BCUT2D eigenvalue weighted by Gasteiger charge is 2.12. The molecule has 2 aromatic carbocycles. The predicted octanol–water partition coefficient (Wildman–Crippen LogP) is 4.08. The van der Waals surface area contributed by atoms with E-state index < -0.39 is 0 Å². The first-order chi connectivity index (χ1) is 12.3. The Balaban J connectivity index is 1.75. The van der Waals surface area contributed by atoms with Crippen LogP contribution in [0.5, 0.6) is 5.75 Å². The summed E-state index contributed by atoms with van der Waals surface area (Å²) in [5.74, 6) is 0.217. The van der Waals surface area contributed by atoms with Crippen molar-refractivity contribution in [3.05, 3.63) is 68.2 Å². The summed E-state index contributed by atoms with van der Waals surface area (Å²) in [4.78, 5) is 29.1. The number of aromatic nitrogens is 2. The number of carbonyl (C=O) groups excluding carboxylic acids is 1. The van der Waals surface area contributed by atoms with Crippen LogP contribution in [0, 0.1) is 20.8 Å². The molecule has 0 bridgehead atoms. The van der Waals surface area contributed by atoms with E-state index in [2.05, 4.69) is 20.9 Å². The second-order valence-electron chi connectivity index (χ2n) is 6.36. The normalized spacial score (nSPS) is 10.9. The van der Waals surface area contributed by atoms with Gasteiger partial charge in [-0.2, -0.15) is 0 Å². The number of carbonyl (C=O) groups is 1. The van der Waals surface area contributed by atoms with Crippen molar-refractivity contribution in [1.29, 1.82) is 0 Å². The fourth-order valence-corrected chi connectivity index (χ4v) is 3.36. The summed E-state index contributed by atoms with van der Waals surface area (Å²) in [6.07, 6.45) is 1.56. The third-order valence-electron chi connectivity index (χ3n) is 4.16. The average molecular weight is 415 g/mol. The van der Waals surface area contributed by atoms with Crippen LogP contribution in [0.15, 0.2) is 45.9 Å². The highest BCUT2D eigenvalue weighted by Crippen LogP contribution is 2.25. The maximum atomic E-state index is 12.5. The van der Waals surface area contributed by atoms with E-state index in [-0.39, 0.29) is 24.5 Å². The molecule has 0 saturated carbocycles. The molecule has 0 aliphatic carbocycles. The Labute approximate surface area is 159 Å². The van der Waals surface area contributed by atoms with Gasteiger partial charge in [0.25, 0.3) is 5.56 Å². The SMILES string of the molecule is Cc1cc(C)c(OC(=O)CCn2cnc3ccc(Br)cc3c2=O)c(C)c1. The van der Waals surface area contributed by atoms with E-state index in [1.54, 1.807) is 12.1 Å². The molecular weight excluding hydrogens is 396 g/mol. The van der Waals surface area contributed by atoms with E-state index in [4.69, 9.17) is 4.74 Å². The molecule has 0 aliphatic rings. The topological polar surface area (TPSA) is 61.2 Å². The van der Waals surface area contributed by atoms with Crippen molar-refractivity contribution >= 4 is 32.8 Å². The molecular formula is C20H19BrN2O3. The molecule has 0 saturated heterocycles. The second-order valence-corrected chi connectivity index (χ2v) is 7.27. The molecule has 0 aliphatic heterocycles. The first kappa shape index (κ1) is 18.3. The van der Waals surface area contributed by atoms with Crippen molar-refractivity contribution < 1.29 is 9.53 Å². The van der Waals surface area contributed by atoms with Gasteiger partial charge in [-0.3, -0.25) is 14.2 Å². The van der Waals surface area contributed by atoms with Gasteiger partial charge in [0.1, 0.15) is 5.75 Å². The number of aryl methyl sites for hydroxylation is 4. The third kappa shape index (κ3) is 3.85. The monoisotopic (exact) mass is 414 g/mol. The summed E-state index contributed by atoms with van der Waals surface area (Å²) >= 11 is 3.36. The first-order valence-corrected chi connectivity index (χ1v) is 9.07. The zero-order valence-electron chi connectivity index (χ0n) is 14.9. The lowest BCUT2D eigenvalue weighted by atomic mass is 10.1. The molecule has 1 heterocycles. The lowest BCUT2D eigenvalue weighted by Gasteiger charge is -2.12. The van der Waals surface area contributed by atoms with E-state index >= 15 is 0 Å². The smallest absolute Gasteiger partial charge is 0.313 e. The molecule has 0 atom stereocenters. The summed E-state index contributed by atoms with van der Waals surface area (Å²) in [6, 6.07) is 9.31. The van der Waals surface area contributed by atoms with Crippen molar-refractivity contribution in [2.75, 3.05) is 0 Å². The summed E-state index contributed by atoms with van der Waals surface area (Å²) < 4.78 is 7.76. The molecule has 0 amide bonds. The number of ether oxygens (including phenoxy) is 1. The molecule has 0 radical (unpaired) electrons. The molecule has 0 spiro atoms. The Morgan fingerprint density at radius 3 is 2.54 bits per heavy atom. The maximum Gasteiger partial charge on any atom is 0.313 e. The summed E-state index contributed by atoms with van der Waals surface area (Å²) in [7, 11) is 0. The van der Waals surface area contributed by atoms with Gasteiger partial charge in [0.2, 0.25) is 0 Å². The minimum absolute atomic E-state index is 0.0911. The van der Waals surface area contributed by atoms with Crippen LogP contribution in [0.1, 0.15) is 23.1 Å². The number of rotatable bonds is 4. The van der Waals surface area contributed by atoms with Gasteiger partial charge < -0.3 is 4.74 Å². The Bertz CT molecular complexity index is 1030. The van der Waals surface area contributed by atoms with Crippen LogP contribution in [0.3, 0.4) is 0 Å². The molecule has 0 fully saturated rings. The van der Waals surface area contributed by atoms with Gasteiger partial charge in [-0.1, -0.05) is 33.6 Å². The number of fused-ring (bicyclic) bond motifs is 1. The number of hydrogen-bond donors (Lipinski definition) is 0. The minimum atomic E-state index is -0.374. The van der Waals surface area contributed by atoms with Crippen molar-refractivity contribution in [3.63, 3.8) is 0 Å². The molecule has 5 nitrogen and oxygen atoms in total. The van der Waals surface area contributed by atoms with E-state index in [0.717, 1.165) is 21.2 Å². The molecule has 6 heteroatoms. The second kappa shape index (κ2) is 7.41. The van der Waals surface area contributed by atoms with Crippen LogP contribution >= 0.6 is 15.9 Å². The maximum absolute atomic E-state index is 12.5. The van der Waals surface area contributed by atoms with Gasteiger partial charge in [0.15, 0.2) is 0 Å². The third-order valence-corrected chi connectivity index (χ3v) is 4.66. The standard InChI is InChI=1S/C20H19BrN2O3/c1-12-8-13(2)19(14(3)9-12)26-18(24)6-7-23-11-22-17-5-4-15(21)10-16(17)20(23)25/h4-5,8-11H,6-7H2,1-3H3. The molecule has 3 aromatic rings. The zero-order valence-corrected chi connectivity index (χ0v) is 16.5. The lowest BCUT2D eigenvalue weighted by Crippen LogP contribution is -2.23. The molecule has 0 unspecified atom stereocenters. The largest absolute Gasteiger partial charge is 0.426 e. The van der Waals surface area contributed by atoms with Crippen LogP contribution in [0.25, 0.3) is 10.9 Å². The highest BCUT2D eigenvalue weighted by atomic mass is 79.9. The number of hydrogen-bond acceptors (Lipinski definition) is 4. The fourth-order valence-electron chi connectivity index (χ4n) is 2.99. The molecule has 134 valence electrons. The van der Waals surface area contributed by atoms with E-state index in [0.29, 0.717) is 16.7 Å². The van der Waals surface area contributed by atoms with Crippen LogP contribution in [0.4, 0.5) is 0 Å². The van der Waals surface area contributed by atoms with E-state index in [1.165, 1.54) is 10.9 Å². The Morgan fingerprint density at radius 2 is 1.85 bits per heavy atom. The van der Waals surface area contributed by atoms with E-state index in [9.17, 15) is 9.59 Å². The van der Waals surface area contributed by atoms with E-state index in [1.807, 2.05) is 39.0 Å². The fraction of sp³-hybridized carbons (Fsp3) is 0.250. The predicted molar refractivity (Wildman–Crippen MR) is 105 cm³/mol. The molecule has 1 aromatic heterocycles. The Kier molecular flexibility index (Phi) is 5.23. The quantitative estimate of drug-likeness (QED) is 0.476. The lowest BCUT2D eigenvalue weighted by molar-refractivity contribution is -0.134. The summed E-state index contributed by atoms with van der Waals surface area (Å²) in [5, 5.41) is 0.514. The Hall–Kier alpha value is -2.47. The van der Waals surface area contributed by atoms with Gasteiger partial charge in [0, 0.05) is 11.0 Å². The van der Waals surface area contributed by atoms with Gasteiger partial charge in [0.05, 0.1) is 23.7 Å². The molecule has 3 rings (SSSR count). The summed E-state index contributed by atoms with van der Waals surface area (Å²) in [5.41, 5.74) is 3.42. The minimum Gasteiger partial charge on any atom is -0.426 e. The first-order valence-electron chi connectivity index (χ1n) is 8.28. The van der Waals surface area contributed by atoms with Crippen molar-refractivity contribution in [2.45, 2.75) is 33.7 Å². The zero-order chi connectivity index (χ0) is 18.8. The number of benzene rings is 2. The molecule has 26 heavy (non-hydrogen) atoms. The van der Waals surface area contributed by atoms with Gasteiger partial charge in [-0.05, 0) is 50.1 Å². The van der Waals surface area contributed by atoms with Crippen molar-refractivity contribution in [3.8, 4) is 5.75 Å². The molecule has 0 N–H and O–H groups in total. The van der Waals surface area contributed by atoms with Crippen molar-refractivity contribution in [1.82, 2.24) is 9.55 Å². The van der Waals surface area contributed by atoms with Gasteiger partial charge in [-0.25, -0.2) is 4.98 Å². The van der Waals surface area contributed by atoms with Crippen LogP contribution in [-0.2, 0) is 11.3 Å². The van der Waals surface area contributed by atoms with Crippen LogP contribution < -0.4 is 10.3 Å². The van der Waals surface area contributed by atoms with Crippen molar-refractivity contribution in [2.24, 2.45) is 0 Å². The Morgan fingerprint density at radius 1 is 1.15 bits per heavy atom. The van der Waals surface area contributed by atoms with Crippen LogP contribution in [-0.4, -0.2) is 15.5 Å². The number of halogens is 1. The van der Waals surface area contributed by atoms with Gasteiger partial charge in [-0.15, -0.1) is 0 Å². The van der Waals surface area contributed by atoms with Crippen LogP contribution in [0.2, 0.25) is 0 Å².